The zero-order chi connectivity index (χ0) is 21.8. The number of hydrogen-bond donors (Lipinski definition) is 0. The summed E-state index contributed by atoms with van der Waals surface area (Å²) in [5, 5.41) is 0.877. The quantitative estimate of drug-likeness (QED) is 0.426. The minimum Gasteiger partial charge on any atom is -0.497 e. The lowest BCUT2D eigenvalue weighted by atomic mass is 9.88. The zero-order valence-electron chi connectivity index (χ0n) is 17.7. The normalized spacial score (nSPS) is 14.5. The van der Waals surface area contributed by atoms with Crippen molar-refractivity contribution in [3.05, 3.63) is 72.1 Å². The van der Waals surface area contributed by atoms with Gasteiger partial charge in [-0.1, -0.05) is 17.8 Å². The molecule has 31 heavy (non-hydrogen) atoms. The van der Waals surface area contributed by atoms with Crippen molar-refractivity contribution < 1.29 is 14.3 Å². The second-order valence-electron chi connectivity index (χ2n) is 7.49. The van der Waals surface area contributed by atoms with Crippen LogP contribution >= 0.6 is 11.8 Å². The predicted octanol–water partition coefficient (Wildman–Crippen LogP) is 4.34. The third-order valence-electron chi connectivity index (χ3n) is 5.69. The van der Waals surface area contributed by atoms with Crippen LogP contribution in [0, 0.1) is 5.92 Å². The molecule has 1 saturated heterocycles. The number of piperidine rings is 1. The predicted molar refractivity (Wildman–Crippen MR) is 121 cm³/mol. The molecule has 2 heterocycles. The highest BCUT2D eigenvalue weighted by atomic mass is 32.2. The summed E-state index contributed by atoms with van der Waals surface area (Å²) in [7, 11) is 1.61. The van der Waals surface area contributed by atoms with E-state index in [4.69, 9.17) is 4.74 Å². The molecule has 0 saturated carbocycles. The highest BCUT2D eigenvalue weighted by Crippen LogP contribution is 2.25. The van der Waals surface area contributed by atoms with Crippen LogP contribution in [0.15, 0.2) is 66.1 Å². The zero-order valence-corrected chi connectivity index (χ0v) is 18.5. The van der Waals surface area contributed by atoms with E-state index >= 15 is 0 Å². The lowest BCUT2D eigenvalue weighted by Crippen LogP contribution is -2.40. The summed E-state index contributed by atoms with van der Waals surface area (Å²) in [6.45, 7) is 1.16. The molecule has 0 spiro atoms. The fourth-order valence-electron chi connectivity index (χ4n) is 3.94. The Bertz CT molecular complexity index is 1070. The number of thioether (sulfide) groups is 1. The number of ketones is 1. The molecule has 0 bridgehead atoms. The second-order valence-corrected chi connectivity index (χ2v) is 8.27. The molecule has 0 atom stereocenters. The van der Waals surface area contributed by atoms with Gasteiger partial charge in [0.05, 0.1) is 7.11 Å². The first kappa shape index (κ1) is 21.2. The molecule has 4 rings (SSSR count). The topological polar surface area (TPSA) is 64.4 Å². The summed E-state index contributed by atoms with van der Waals surface area (Å²) >= 11 is 1.56. The first-order chi connectivity index (χ1) is 15.1. The number of carbonyl (C=O) groups is 2. The van der Waals surface area contributed by atoms with Crippen molar-refractivity contribution in [1.82, 2.24) is 14.5 Å². The standard InChI is InChI=1S/C24H25N3O3S/c1-30-21-8-6-17(7-9-21)22(28)18-10-13-26(14-11-18)23(29)19-4-3-5-20(16-19)27-15-12-25-24(27)31-2/h3-9,12,15-16,18H,10-11,13-14H2,1-2H3. The number of amides is 1. The maximum Gasteiger partial charge on any atom is 0.253 e. The van der Waals surface area contributed by atoms with Crippen LogP contribution < -0.4 is 4.74 Å². The van der Waals surface area contributed by atoms with Gasteiger partial charge in [-0.25, -0.2) is 4.98 Å². The van der Waals surface area contributed by atoms with Gasteiger partial charge in [0.15, 0.2) is 10.9 Å². The van der Waals surface area contributed by atoms with Crippen LogP contribution in [0.2, 0.25) is 0 Å². The minimum atomic E-state index is -0.0566. The molecule has 6 nitrogen and oxygen atoms in total. The Hall–Kier alpha value is -3.06. The fourth-order valence-corrected chi connectivity index (χ4v) is 4.47. The van der Waals surface area contributed by atoms with Crippen molar-refractivity contribution >= 4 is 23.5 Å². The van der Waals surface area contributed by atoms with Crippen molar-refractivity contribution in [2.45, 2.75) is 18.0 Å². The van der Waals surface area contributed by atoms with Crippen molar-refractivity contribution in [2.24, 2.45) is 5.92 Å². The molecule has 1 fully saturated rings. The molecule has 0 unspecified atom stereocenters. The number of likely N-dealkylation sites (tertiary alicyclic amines) is 1. The molecule has 1 aliphatic heterocycles. The number of ether oxygens (including phenoxy) is 1. The van der Waals surface area contributed by atoms with Crippen LogP contribution in [-0.4, -0.2) is 52.6 Å². The first-order valence-corrected chi connectivity index (χ1v) is 11.5. The average Bonchev–Trinajstić information content (AvgIpc) is 3.32. The third-order valence-corrected chi connectivity index (χ3v) is 6.36. The van der Waals surface area contributed by atoms with Crippen LogP contribution in [0.5, 0.6) is 5.75 Å². The molecule has 160 valence electrons. The Labute approximate surface area is 186 Å². The molecule has 0 radical (unpaired) electrons. The van der Waals surface area contributed by atoms with Crippen LogP contribution in [0.1, 0.15) is 33.6 Å². The number of benzene rings is 2. The molecule has 1 aromatic heterocycles. The van der Waals surface area contributed by atoms with E-state index in [2.05, 4.69) is 4.98 Å². The van der Waals surface area contributed by atoms with Crippen LogP contribution in [0.25, 0.3) is 5.69 Å². The lowest BCUT2D eigenvalue weighted by Gasteiger charge is -2.31. The van der Waals surface area contributed by atoms with Gasteiger partial charge in [0.2, 0.25) is 0 Å². The van der Waals surface area contributed by atoms with Gasteiger partial charge in [-0.2, -0.15) is 0 Å². The number of nitrogens with zero attached hydrogens (tertiary/aromatic N) is 3. The van der Waals surface area contributed by atoms with E-state index in [1.54, 1.807) is 25.1 Å². The molecular formula is C24H25N3O3S. The van der Waals surface area contributed by atoms with Gasteiger partial charge in [0.25, 0.3) is 5.91 Å². The fraction of sp³-hybridized carbons (Fsp3) is 0.292. The summed E-state index contributed by atoms with van der Waals surface area (Å²) < 4.78 is 7.13. The van der Waals surface area contributed by atoms with Gasteiger partial charge in [-0.15, -0.1) is 0 Å². The highest BCUT2D eigenvalue weighted by molar-refractivity contribution is 7.98. The monoisotopic (exact) mass is 435 g/mol. The van der Waals surface area contributed by atoms with Crippen LogP contribution in [0.4, 0.5) is 0 Å². The van der Waals surface area contributed by atoms with Gasteiger partial charge in [-0.3, -0.25) is 14.2 Å². The Morgan fingerprint density at radius 3 is 2.48 bits per heavy atom. The molecule has 0 aliphatic carbocycles. The number of hydrogen-bond acceptors (Lipinski definition) is 5. The molecular weight excluding hydrogens is 410 g/mol. The summed E-state index contributed by atoms with van der Waals surface area (Å²) in [4.78, 5) is 32.1. The van der Waals surface area contributed by atoms with E-state index < -0.39 is 0 Å². The van der Waals surface area contributed by atoms with Gasteiger partial charge in [-0.05, 0) is 61.6 Å². The van der Waals surface area contributed by atoms with Gasteiger partial charge in [0, 0.05) is 48.2 Å². The maximum atomic E-state index is 13.1. The maximum absolute atomic E-state index is 13.1. The number of aromatic nitrogens is 2. The Balaban J connectivity index is 1.41. The van der Waals surface area contributed by atoms with E-state index in [0.29, 0.717) is 37.1 Å². The van der Waals surface area contributed by atoms with E-state index in [-0.39, 0.29) is 17.6 Å². The summed E-state index contributed by atoms with van der Waals surface area (Å²) in [5.74, 6) is 0.822. The van der Waals surface area contributed by atoms with Gasteiger partial charge in [0.1, 0.15) is 5.75 Å². The summed E-state index contributed by atoms with van der Waals surface area (Å²) in [6, 6.07) is 14.8. The van der Waals surface area contributed by atoms with E-state index in [1.165, 1.54) is 0 Å². The smallest absolute Gasteiger partial charge is 0.253 e. The number of methoxy groups -OCH3 is 1. The molecule has 1 aliphatic rings. The molecule has 2 aromatic carbocycles. The van der Waals surface area contributed by atoms with Crippen molar-refractivity contribution in [3.8, 4) is 11.4 Å². The molecule has 7 heteroatoms. The van der Waals surface area contributed by atoms with Gasteiger partial charge < -0.3 is 9.64 Å². The van der Waals surface area contributed by atoms with Crippen LogP contribution in [-0.2, 0) is 0 Å². The van der Waals surface area contributed by atoms with Crippen molar-refractivity contribution in [1.29, 1.82) is 0 Å². The Morgan fingerprint density at radius 1 is 1.06 bits per heavy atom. The van der Waals surface area contributed by atoms with E-state index in [1.807, 2.05) is 70.5 Å². The summed E-state index contributed by atoms with van der Waals surface area (Å²) in [6.07, 6.45) is 6.98. The number of carbonyl (C=O) groups excluding carboxylic acids is 2. The molecule has 1 amide bonds. The Morgan fingerprint density at radius 2 is 1.81 bits per heavy atom. The van der Waals surface area contributed by atoms with E-state index in [9.17, 15) is 9.59 Å². The SMILES string of the molecule is COc1ccc(C(=O)C2CCN(C(=O)c3cccc(-n4ccnc4SC)c3)CC2)cc1. The average molecular weight is 436 g/mol. The Kier molecular flexibility index (Phi) is 6.42. The van der Waals surface area contributed by atoms with Gasteiger partial charge >= 0.3 is 0 Å². The number of rotatable bonds is 6. The summed E-state index contributed by atoms with van der Waals surface area (Å²) in [5.41, 5.74) is 2.26. The van der Waals surface area contributed by atoms with Crippen molar-refractivity contribution in [3.63, 3.8) is 0 Å². The number of Topliss-reactive ketones (excluding diaryl/α,β-unsaturated/α-hetero) is 1. The van der Waals surface area contributed by atoms with Crippen molar-refractivity contribution in [2.75, 3.05) is 26.5 Å². The first-order valence-electron chi connectivity index (χ1n) is 10.3. The highest BCUT2D eigenvalue weighted by Gasteiger charge is 2.28. The lowest BCUT2D eigenvalue weighted by molar-refractivity contribution is 0.0650. The minimum absolute atomic E-state index is 0.00279. The second kappa shape index (κ2) is 9.39. The molecule has 0 N–H and O–H groups in total. The van der Waals surface area contributed by atoms with E-state index in [0.717, 1.165) is 16.6 Å². The third kappa shape index (κ3) is 4.51. The van der Waals surface area contributed by atoms with Crippen LogP contribution in [0.3, 0.4) is 0 Å². The molecule has 3 aromatic rings. The largest absolute Gasteiger partial charge is 0.497 e. The number of imidazole rings is 1.